The van der Waals surface area contributed by atoms with E-state index in [9.17, 15) is 5.11 Å². The molecule has 0 aromatic carbocycles. The molecule has 0 atom stereocenters. The topological polar surface area (TPSA) is 96.2 Å². The van der Waals surface area contributed by atoms with Crippen LogP contribution in [0.4, 0.5) is 0 Å². The smallest absolute Gasteiger partial charge is 0.300 e. The van der Waals surface area contributed by atoms with Crippen LogP contribution in [0.2, 0.25) is 0 Å². The van der Waals surface area contributed by atoms with Crippen molar-refractivity contribution in [2.75, 3.05) is 6.61 Å². The Bertz CT molecular complexity index is 879. The highest BCUT2D eigenvalue weighted by molar-refractivity contribution is 5.75. The molecule has 0 radical (unpaired) electrons. The molecule has 2 N–H and O–H groups in total. The van der Waals surface area contributed by atoms with Gasteiger partial charge in [0.1, 0.15) is 0 Å². The Hall–Kier alpha value is -3.12. The molecule has 0 bridgehead atoms. The van der Waals surface area contributed by atoms with Crippen LogP contribution in [-0.4, -0.2) is 37.7 Å². The molecule has 6 nitrogen and oxygen atoms in total. The van der Waals surface area contributed by atoms with E-state index in [0.717, 1.165) is 35.9 Å². The minimum atomic E-state index is -0.833. The summed E-state index contributed by atoms with van der Waals surface area (Å²) >= 11 is 0. The van der Waals surface area contributed by atoms with Gasteiger partial charge in [-0.15, -0.1) is 0 Å². The van der Waals surface area contributed by atoms with E-state index in [0.29, 0.717) is 6.42 Å². The Morgan fingerprint density at radius 1 is 0.963 bits per heavy atom. The minimum Gasteiger partial charge on any atom is -0.481 e. The summed E-state index contributed by atoms with van der Waals surface area (Å²) in [6, 6.07) is 12.2. The molecule has 0 amide bonds. The Morgan fingerprint density at radius 2 is 1.48 bits per heavy atom. The molecule has 3 aromatic heterocycles. The van der Waals surface area contributed by atoms with Crippen molar-refractivity contribution in [1.29, 1.82) is 0 Å². The molecule has 0 spiro atoms. The zero-order valence-electron chi connectivity index (χ0n) is 15.0. The number of carboxylic acid groups (broad SMARTS) is 1. The summed E-state index contributed by atoms with van der Waals surface area (Å²) in [5.41, 5.74) is 5.08. The number of hydrogen-bond acceptors (Lipinski definition) is 5. The Labute approximate surface area is 157 Å². The van der Waals surface area contributed by atoms with Gasteiger partial charge in [0.15, 0.2) is 0 Å². The predicted octanol–water partition coefficient (Wildman–Crippen LogP) is 2.85. The van der Waals surface area contributed by atoms with Crippen LogP contribution in [0.15, 0.2) is 61.2 Å². The number of rotatable bonds is 4. The number of fused-ring (bicyclic) bond motifs is 3. The zero-order chi connectivity index (χ0) is 19.3. The normalized spacial score (nSPS) is 13.1. The van der Waals surface area contributed by atoms with Gasteiger partial charge < -0.3 is 10.2 Å². The van der Waals surface area contributed by atoms with Gasteiger partial charge in [0.25, 0.3) is 5.97 Å². The second kappa shape index (κ2) is 8.05. The third-order valence-electron chi connectivity index (χ3n) is 4.66. The number of carboxylic acids is 1. The fraction of sp³-hybridized carbons (Fsp3) is 0.238. The van der Waals surface area contributed by atoms with E-state index in [-0.39, 0.29) is 12.0 Å². The van der Waals surface area contributed by atoms with Crippen LogP contribution >= 0.6 is 0 Å². The van der Waals surface area contributed by atoms with Crippen molar-refractivity contribution in [2.24, 2.45) is 0 Å². The van der Waals surface area contributed by atoms with E-state index in [1.54, 1.807) is 12.4 Å². The van der Waals surface area contributed by atoms with Crippen molar-refractivity contribution in [3.8, 4) is 11.4 Å². The van der Waals surface area contributed by atoms with Crippen LogP contribution in [0, 0.1) is 0 Å². The lowest BCUT2D eigenvalue weighted by molar-refractivity contribution is -0.134. The van der Waals surface area contributed by atoms with Crippen molar-refractivity contribution < 1.29 is 15.0 Å². The quantitative estimate of drug-likeness (QED) is 0.740. The molecular weight excluding hydrogens is 342 g/mol. The molecule has 6 heteroatoms. The van der Waals surface area contributed by atoms with Gasteiger partial charge in [-0.3, -0.25) is 19.7 Å². The van der Waals surface area contributed by atoms with Gasteiger partial charge in [0, 0.05) is 43.7 Å². The maximum absolute atomic E-state index is 9.77. The van der Waals surface area contributed by atoms with Gasteiger partial charge >= 0.3 is 0 Å². The van der Waals surface area contributed by atoms with Crippen molar-refractivity contribution >= 4 is 5.97 Å². The maximum atomic E-state index is 9.77. The third kappa shape index (κ3) is 3.71. The lowest BCUT2D eigenvalue weighted by atomic mass is 9.72. The van der Waals surface area contributed by atoms with E-state index in [1.165, 1.54) is 5.56 Å². The Kier molecular flexibility index (Phi) is 5.57. The number of aromatic nitrogens is 3. The van der Waals surface area contributed by atoms with Gasteiger partial charge in [-0.1, -0.05) is 12.1 Å². The van der Waals surface area contributed by atoms with Crippen LogP contribution in [0.25, 0.3) is 11.4 Å². The van der Waals surface area contributed by atoms with Crippen LogP contribution < -0.4 is 0 Å². The van der Waals surface area contributed by atoms with Gasteiger partial charge in [-0.25, -0.2) is 0 Å². The number of hydrogen-bond donors (Lipinski definition) is 2. The molecule has 27 heavy (non-hydrogen) atoms. The Balaban J connectivity index is 0.000000481. The molecule has 0 fully saturated rings. The first kappa shape index (κ1) is 18.7. The van der Waals surface area contributed by atoms with Gasteiger partial charge in [-0.05, 0) is 53.8 Å². The molecule has 0 aliphatic heterocycles. The van der Waals surface area contributed by atoms with Crippen molar-refractivity contribution in [3.05, 3.63) is 77.9 Å². The van der Waals surface area contributed by atoms with E-state index < -0.39 is 5.97 Å². The second-order valence-electron chi connectivity index (χ2n) is 6.41. The van der Waals surface area contributed by atoms with E-state index in [1.807, 2.05) is 36.7 Å². The summed E-state index contributed by atoms with van der Waals surface area (Å²) < 4.78 is 0. The molecule has 3 heterocycles. The van der Waals surface area contributed by atoms with Crippen LogP contribution in [-0.2, 0) is 16.6 Å². The number of carbonyl (C=O) groups is 1. The fourth-order valence-corrected chi connectivity index (χ4v) is 3.69. The average molecular weight is 363 g/mol. The standard InChI is InChI=1S/C19H17N3O.C2H4O2/c23-12-7-19(13-14-5-10-20-11-6-14)15-3-1-8-21-17(15)18-16(19)4-2-9-22-18;1-2(3)4/h1-6,8-11,23H,7,12-13H2;1H3,(H,3,4). The maximum Gasteiger partial charge on any atom is 0.300 e. The summed E-state index contributed by atoms with van der Waals surface area (Å²) in [6.07, 6.45) is 8.67. The molecule has 0 saturated carbocycles. The first-order chi connectivity index (χ1) is 13.1. The molecule has 4 rings (SSSR count). The van der Waals surface area contributed by atoms with Crippen LogP contribution in [0.3, 0.4) is 0 Å². The molecule has 1 aliphatic carbocycles. The average Bonchev–Trinajstić information content (AvgIpc) is 2.93. The molecule has 1 aliphatic rings. The monoisotopic (exact) mass is 363 g/mol. The van der Waals surface area contributed by atoms with Crippen LogP contribution in [0.1, 0.15) is 30.0 Å². The van der Waals surface area contributed by atoms with E-state index >= 15 is 0 Å². The molecule has 0 unspecified atom stereocenters. The summed E-state index contributed by atoms with van der Waals surface area (Å²) in [5.74, 6) is -0.833. The SMILES string of the molecule is CC(=O)O.OCCC1(Cc2ccncc2)c2cccnc2-c2ncccc21. The number of aliphatic hydroxyl groups is 1. The lowest BCUT2D eigenvalue weighted by Crippen LogP contribution is -2.29. The number of nitrogens with zero attached hydrogens (tertiary/aromatic N) is 3. The second-order valence-corrected chi connectivity index (χ2v) is 6.41. The predicted molar refractivity (Wildman–Crippen MR) is 101 cm³/mol. The van der Waals surface area contributed by atoms with Crippen LogP contribution in [0.5, 0.6) is 0 Å². The summed E-state index contributed by atoms with van der Waals surface area (Å²) in [4.78, 5) is 22.2. The van der Waals surface area contributed by atoms with Gasteiger partial charge in [0.05, 0.1) is 11.4 Å². The fourth-order valence-electron chi connectivity index (χ4n) is 3.69. The van der Waals surface area contributed by atoms with Crippen molar-refractivity contribution in [3.63, 3.8) is 0 Å². The third-order valence-corrected chi connectivity index (χ3v) is 4.66. The zero-order valence-corrected chi connectivity index (χ0v) is 15.0. The summed E-state index contributed by atoms with van der Waals surface area (Å²) in [7, 11) is 0. The largest absolute Gasteiger partial charge is 0.481 e. The molecular formula is C21H21N3O3. The number of aliphatic carboxylic acids is 1. The first-order valence-corrected chi connectivity index (χ1v) is 8.69. The van der Waals surface area contributed by atoms with Crippen molar-refractivity contribution in [2.45, 2.75) is 25.2 Å². The summed E-state index contributed by atoms with van der Waals surface area (Å²) in [5, 5.41) is 17.2. The molecule has 138 valence electrons. The Morgan fingerprint density at radius 3 is 1.96 bits per heavy atom. The van der Waals surface area contributed by atoms with Gasteiger partial charge in [-0.2, -0.15) is 0 Å². The highest BCUT2D eigenvalue weighted by Crippen LogP contribution is 2.50. The highest BCUT2D eigenvalue weighted by Gasteiger charge is 2.44. The van der Waals surface area contributed by atoms with Gasteiger partial charge in [0.2, 0.25) is 0 Å². The number of pyridine rings is 3. The summed E-state index contributed by atoms with van der Waals surface area (Å²) in [6.45, 7) is 1.20. The minimum absolute atomic E-state index is 0.119. The van der Waals surface area contributed by atoms with E-state index in [4.69, 9.17) is 9.90 Å². The van der Waals surface area contributed by atoms with E-state index in [2.05, 4.69) is 27.1 Å². The lowest BCUT2D eigenvalue weighted by Gasteiger charge is -2.31. The highest BCUT2D eigenvalue weighted by atomic mass is 16.4. The molecule has 0 saturated heterocycles. The van der Waals surface area contributed by atoms with Crippen molar-refractivity contribution in [1.82, 2.24) is 15.0 Å². The number of aliphatic hydroxyl groups excluding tert-OH is 1. The first-order valence-electron chi connectivity index (χ1n) is 8.69. The molecule has 3 aromatic rings.